The fourth-order valence-electron chi connectivity index (χ4n) is 1.85. The molecule has 0 bridgehead atoms. The molecule has 2 rings (SSSR count). The van der Waals surface area contributed by atoms with Crippen LogP contribution in [0.4, 0.5) is 14.5 Å². The molecule has 0 atom stereocenters. The molecule has 0 unspecified atom stereocenters. The number of halogens is 2. The van der Waals surface area contributed by atoms with Crippen LogP contribution in [-0.2, 0) is 11.3 Å². The number of benzene rings is 2. The van der Waals surface area contributed by atoms with Crippen molar-refractivity contribution in [1.82, 2.24) is 5.32 Å². The number of carbonyl (C=O) groups is 1. The number of alkyl halides is 2. The van der Waals surface area contributed by atoms with Crippen LogP contribution in [0.3, 0.4) is 0 Å². The summed E-state index contributed by atoms with van der Waals surface area (Å²) in [5.74, 6) is -0.000218. The number of carbonyl (C=O) groups excluding carboxylic acids is 1. The highest BCUT2D eigenvalue weighted by molar-refractivity contribution is 8.00. The predicted octanol–water partition coefficient (Wildman–Crippen LogP) is 3.60. The van der Waals surface area contributed by atoms with Crippen LogP contribution in [0.15, 0.2) is 53.4 Å². The highest BCUT2D eigenvalue weighted by atomic mass is 32.2. The number of thioether (sulfide) groups is 1. The van der Waals surface area contributed by atoms with E-state index in [1.807, 2.05) is 0 Å². The Morgan fingerprint density at radius 3 is 2.36 bits per heavy atom. The second-order valence-corrected chi connectivity index (χ2v) is 5.89. The molecule has 0 heterocycles. The number of hydrogen-bond donors (Lipinski definition) is 1. The Hall–Kier alpha value is -2.68. The molecule has 0 aliphatic heterocycles. The first kappa shape index (κ1) is 18.7. The predicted molar refractivity (Wildman–Crippen MR) is 88.7 cm³/mol. The van der Waals surface area contributed by atoms with E-state index in [1.54, 1.807) is 24.3 Å². The topological polar surface area (TPSA) is 81.5 Å². The molecular formula is C16H14F2N2O4S. The van der Waals surface area contributed by atoms with Crippen molar-refractivity contribution in [3.05, 3.63) is 64.2 Å². The standard InChI is InChI=1S/C16H14F2N2O4S/c17-16(18)24-13-5-1-11(2-6-13)9-19-15(21)10-25-14-7-3-12(4-8-14)20(22)23/h1-8,16H,9-10H2,(H,19,21). The second kappa shape index (κ2) is 8.97. The van der Waals surface area contributed by atoms with E-state index in [1.165, 1.54) is 36.0 Å². The minimum Gasteiger partial charge on any atom is -0.435 e. The number of nitro benzene ring substituents is 1. The van der Waals surface area contributed by atoms with Gasteiger partial charge in [0, 0.05) is 23.6 Å². The Labute approximate surface area is 146 Å². The second-order valence-electron chi connectivity index (χ2n) is 4.84. The third kappa shape index (κ3) is 6.38. The van der Waals surface area contributed by atoms with Gasteiger partial charge in [-0.1, -0.05) is 12.1 Å². The van der Waals surface area contributed by atoms with Gasteiger partial charge in [-0.05, 0) is 29.8 Å². The maximum Gasteiger partial charge on any atom is 0.387 e. The zero-order chi connectivity index (χ0) is 18.2. The molecule has 25 heavy (non-hydrogen) atoms. The lowest BCUT2D eigenvalue weighted by atomic mass is 10.2. The summed E-state index contributed by atoms with van der Waals surface area (Å²) in [5.41, 5.74) is 0.739. The number of ether oxygens (including phenoxy) is 1. The van der Waals surface area contributed by atoms with E-state index in [0.29, 0.717) is 0 Å². The molecule has 1 amide bonds. The average molecular weight is 368 g/mol. The monoisotopic (exact) mass is 368 g/mol. The van der Waals surface area contributed by atoms with Gasteiger partial charge in [0.1, 0.15) is 5.75 Å². The van der Waals surface area contributed by atoms with Crippen molar-refractivity contribution in [1.29, 1.82) is 0 Å². The number of nitrogens with zero attached hydrogens (tertiary/aromatic N) is 1. The summed E-state index contributed by atoms with van der Waals surface area (Å²) in [6.07, 6.45) is 0. The molecule has 0 aliphatic carbocycles. The SMILES string of the molecule is O=C(CSc1ccc([N+](=O)[O-])cc1)NCc1ccc(OC(F)F)cc1. The quantitative estimate of drug-likeness (QED) is 0.437. The Kier molecular flexibility index (Phi) is 6.70. The summed E-state index contributed by atoms with van der Waals surface area (Å²) in [6.45, 7) is -2.61. The molecule has 9 heteroatoms. The summed E-state index contributed by atoms with van der Waals surface area (Å²) in [6, 6.07) is 11.9. The summed E-state index contributed by atoms with van der Waals surface area (Å²) in [4.78, 5) is 22.6. The lowest BCUT2D eigenvalue weighted by Gasteiger charge is -2.07. The first-order valence-electron chi connectivity index (χ1n) is 7.12. The zero-order valence-electron chi connectivity index (χ0n) is 12.9. The highest BCUT2D eigenvalue weighted by Crippen LogP contribution is 2.21. The van der Waals surface area contributed by atoms with Crippen LogP contribution >= 0.6 is 11.8 Å². The largest absolute Gasteiger partial charge is 0.435 e. The molecule has 132 valence electrons. The van der Waals surface area contributed by atoms with Crippen molar-refractivity contribution >= 4 is 23.4 Å². The number of non-ortho nitro benzene ring substituents is 1. The Morgan fingerprint density at radius 1 is 1.16 bits per heavy atom. The molecule has 0 aromatic heterocycles. The van der Waals surface area contributed by atoms with Gasteiger partial charge in [0.25, 0.3) is 5.69 Å². The van der Waals surface area contributed by atoms with E-state index in [4.69, 9.17) is 0 Å². The van der Waals surface area contributed by atoms with Gasteiger partial charge in [-0.3, -0.25) is 14.9 Å². The molecule has 0 saturated carbocycles. The first-order chi connectivity index (χ1) is 11.9. The van der Waals surface area contributed by atoms with Gasteiger partial charge in [0.05, 0.1) is 10.7 Å². The van der Waals surface area contributed by atoms with Crippen LogP contribution in [0.2, 0.25) is 0 Å². The van der Waals surface area contributed by atoms with Crippen LogP contribution in [-0.4, -0.2) is 23.2 Å². The smallest absolute Gasteiger partial charge is 0.387 e. The lowest BCUT2D eigenvalue weighted by molar-refractivity contribution is -0.384. The van der Waals surface area contributed by atoms with E-state index in [-0.39, 0.29) is 29.6 Å². The average Bonchev–Trinajstić information content (AvgIpc) is 2.59. The summed E-state index contributed by atoms with van der Waals surface area (Å²) in [7, 11) is 0. The van der Waals surface area contributed by atoms with E-state index in [2.05, 4.69) is 10.1 Å². The van der Waals surface area contributed by atoms with Crippen molar-refractivity contribution in [2.75, 3.05) is 5.75 Å². The van der Waals surface area contributed by atoms with Gasteiger partial charge >= 0.3 is 6.61 Å². The third-order valence-corrected chi connectivity index (χ3v) is 4.07. The molecule has 0 fully saturated rings. The van der Waals surface area contributed by atoms with Gasteiger partial charge in [-0.15, -0.1) is 11.8 Å². The minimum absolute atomic E-state index is 0.00642. The van der Waals surface area contributed by atoms with Crippen LogP contribution in [0.5, 0.6) is 5.75 Å². The van der Waals surface area contributed by atoms with Gasteiger partial charge in [0.2, 0.25) is 5.91 Å². The number of rotatable bonds is 8. The van der Waals surface area contributed by atoms with Crippen LogP contribution in [0.1, 0.15) is 5.56 Å². The van der Waals surface area contributed by atoms with E-state index in [0.717, 1.165) is 10.5 Å². The van der Waals surface area contributed by atoms with Crippen molar-refractivity contribution < 1.29 is 23.2 Å². The van der Waals surface area contributed by atoms with Crippen molar-refractivity contribution in [2.24, 2.45) is 0 Å². The summed E-state index contributed by atoms with van der Waals surface area (Å²) >= 11 is 1.26. The van der Waals surface area contributed by atoms with Crippen LogP contribution < -0.4 is 10.1 Å². The fraction of sp³-hybridized carbons (Fsp3) is 0.188. The Morgan fingerprint density at radius 2 is 1.80 bits per heavy atom. The molecule has 2 aromatic carbocycles. The molecule has 6 nitrogen and oxygen atoms in total. The molecular weight excluding hydrogens is 354 g/mol. The molecule has 0 spiro atoms. The summed E-state index contributed by atoms with van der Waals surface area (Å²) in [5, 5.41) is 13.3. The number of amides is 1. The maximum absolute atomic E-state index is 12.0. The Bertz CT molecular complexity index is 724. The van der Waals surface area contributed by atoms with Gasteiger partial charge in [0.15, 0.2) is 0 Å². The van der Waals surface area contributed by atoms with Gasteiger partial charge in [-0.2, -0.15) is 8.78 Å². The van der Waals surface area contributed by atoms with Crippen molar-refractivity contribution in [3.8, 4) is 5.75 Å². The maximum atomic E-state index is 12.0. The Balaban J connectivity index is 1.75. The molecule has 0 saturated heterocycles. The van der Waals surface area contributed by atoms with Crippen LogP contribution in [0.25, 0.3) is 0 Å². The number of nitrogens with one attached hydrogen (secondary N) is 1. The van der Waals surface area contributed by atoms with Crippen LogP contribution in [0, 0.1) is 10.1 Å². The van der Waals surface area contributed by atoms with E-state index < -0.39 is 11.5 Å². The molecule has 0 radical (unpaired) electrons. The molecule has 2 aromatic rings. The van der Waals surface area contributed by atoms with E-state index >= 15 is 0 Å². The van der Waals surface area contributed by atoms with Gasteiger partial charge < -0.3 is 10.1 Å². The van der Waals surface area contributed by atoms with Crippen molar-refractivity contribution in [3.63, 3.8) is 0 Å². The molecule has 0 aliphatic rings. The highest BCUT2D eigenvalue weighted by Gasteiger charge is 2.07. The zero-order valence-corrected chi connectivity index (χ0v) is 13.7. The summed E-state index contributed by atoms with van der Waals surface area (Å²) < 4.78 is 28.3. The molecule has 1 N–H and O–H groups in total. The third-order valence-electron chi connectivity index (χ3n) is 3.06. The minimum atomic E-state index is -2.87. The van der Waals surface area contributed by atoms with Crippen molar-refractivity contribution in [2.45, 2.75) is 18.1 Å². The van der Waals surface area contributed by atoms with Gasteiger partial charge in [-0.25, -0.2) is 0 Å². The number of nitro groups is 1. The lowest BCUT2D eigenvalue weighted by Crippen LogP contribution is -2.24. The number of hydrogen-bond acceptors (Lipinski definition) is 5. The first-order valence-corrected chi connectivity index (χ1v) is 8.10. The normalized spacial score (nSPS) is 10.5. The fourth-order valence-corrected chi connectivity index (χ4v) is 2.58. The van der Waals surface area contributed by atoms with E-state index in [9.17, 15) is 23.7 Å².